The van der Waals surface area contributed by atoms with E-state index < -0.39 is 11.6 Å². The maximum absolute atomic E-state index is 13.4. The zero-order valence-electron chi connectivity index (χ0n) is 9.88. The highest BCUT2D eigenvalue weighted by Gasteiger charge is 2.21. The van der Waals surface area contributed by atoms with Crippen LogP contribution in [0.5, 0.6) is 0 Å². The first kappa shape index (κ1) is 12.3. The monoisotopic (exact) mass is 241 g/mol. The van der Waals surface area contributed by atoms with Crippen molar-refractivity contribution in [1.82, 2.24) is 0 Å². The Kier molecular flexibility index (Phi) is 3.94. The third kappa shape index (κ3) is 3.16. The molecule has 1 aliphatic heterocycles. The minimum atomic E-state index is -0.423. The lowest BCUT2D eigenvalue weighted by atomic mass is 10.0. The van der Waals surface area contributed by atoms with E-state index in [1.54, 1.807) is 0 Å². The zero-order valence-corrected chi connectivity index (χ0v) is 9.88. The number of rotatable bonds is 3. The van der Waals surface area contributed by atoms with E-state index >= 15 is 0 Å². The molecule has 2 unspecified atom stereocenters. The zero-order chi connectivity index (χ0) is 12.3. The molecule has 1 aromatic carbocycles. The molecule has 1 N–H and O–H groups in total. The van der Waals surface area contributed by atoms with E-state index in [4.69, 9.17) is 4.74 Å². The fourth-order valence-corrected chi connectivity index (χ4v) is 2.12. The molecule has 1 aromatic rings. The maximum Gasteiger partial charge on any atom is 0.146 e. The van der Waals surface area contributed by atoms with Gasteiger partial charge in [-0.05, 0) is 37.5 Å². The summed E-state index contributed by atoms with van der Waals surface area (Å²) < 4.78 is 32.0. The smallest absolute Gasteiger partial charge is 0.146 e. The van der Waals surface area contributed by atoms with Gasteiger partial charge in [-0.25, -0.2) is 8.78 Å². The molecule has 0 bridgehead atoms. The Labute approximate surface area is 100.0 Å². The molecule has 0 aromatic heterocycles. The van der Waals surface area contributed by atoms with Crippen LogP contribution in [0.15, 0.2) is 18.2 Å². The van der Waals surface area contributed by atoms with Gasteiger partial charge in [0.25, 0.3) is 0 Å². The Morgan fingerprint density at radius 1 is 1.41 bits per heavy atom. The van der Waals surface area contributed by atoms with Crippen LogP contribution < -0.4 is 5.32 Å². The van der Waals surface area contributed by atoms with Crippen LogP contribution in [0.1, 0.15) is 26.2 Å². The molecule has 1 aliphatic rings. The Balaban J connectivity index is 2.02. The summed E-state index contributed by atoms with van der Waals surface area (Å²) in [5.41, 5.74) is 0.242. The Hall–Kier alpha value is -1.16. The van der Waals surface area contributed by atoms with Gasteiger partial charge in [-0.15, -0.1) is 0 Å². The van der Waals surface area contributed by atoms with Gasteiger partial charge in [-0.1, -0.05) is 6.92 Å². The topological polar surface area (TPSA) is 21.3 Å². The molecule has 0 spiro atoms. The summed E-state index contributed by atoms with van der Waals surface area (Å²) in [4.78, 5) is 0. The molecule has 2 rings (SSSR count). The minimum Gasteiger partial charge on any atom is -0.380 e. The molecule has 2 atom stereocenters. The molecule has 4 heteroatoms. The number of nitrogens with one attached hydrogen (secondary N) is 1. The molecular formula is C13H17F2NO. The molecular weight excluding hydrogens is 224 g/mol. The second-order valence-corrected chi connectivity index (χ2v) is 4.39. The van der Waals surface area contributed by atoms with Gasteiger partial charge in [-0.2, -0.15) is 0 Å². The van der Waals surface area contributed by atoms with Crippen LogP contribution in [0.25, 0.3) is 0 Å². The Morgan fingerprint density at radius 2 is 2.24 bits per heavy atom. The lowest BCUT2D eigenvalue weighted by molar-refractivity contribution is 0.00921. The van der Waals surface area contributed by atoms with Crippen molar-refractivity contribution < 1.29 is 13.5 Å². The van der Waals surface area contributed by atoms with E-state index in [0.717, 1.165) is 31.4 Å². The number of ether oxygens (including phenoxy) is 1. The molecule has 2 nitrogen and oxygen atoms in total. The van der Waals surface area contributed by atoms with Gasteiger partial charge in [0.2, 0.25) is 0 Å². The molecule has 17 heavy (non-hydrogen) atoms. The average molecular weight is 241 g/mol. The van der Waals surface area contributed by atoms with Crippen molar-refractivity contribution in [1.29, 1.82) is 0 Å². The van der Waals surface area contributed by atoms with Gasteiger partial charge in [-0.3, -0.25) is 0 Å². The Bertz CT molecular complexity index is 384. The quantitative estimate of drug-likeness (QED) is 0.876. The minimum absolute atomic E-state index is 0.157. The van der Waals surface area contributed by atoms with Crippen LogP contribution >= 0.6 is 0 Å². The molecule has 0 aliphatic carbocycles. The predicted octanol–water partition coefficient (Wildman–Crippen LogP) is 3.33. The van der Waals surface area contributed by atoms with E-state index in [2.05, 4.69) is 12.2 Å². The fraction of sp³-hybridized carbons (Fsp3) is 0.538. The summed E-state index contributed by atoms with van der Waals surface area (Å²) in [5.74, 6) is -0.834. The summed E-state index contributed by atoms with van der Waals surface area (Å²) in [6, 6.07) is 3.63. The van der Waals surface area contributed by atoms with Crippen molar-refractivity contribution in [3.05, 3.63) is 29.8 Å². The first-order valence-corrected chi connectivity index (χ1v) is 6.02. The molecule has 0 radical (unpaired) electrons. The van der Waals surface area contributed by atoms with Crippen LogP contribution in [-0.2, 0) is 4.74 Å². The van der Waals surface area contributed by atoms with Crippen LogP contribution in [0.2, 0.25) is 0 Å². The van der Waals surface area contributed by atoms with Gasteiger partial charge >= 0.3 is 0 Å². The number of hydrogen-bond donors (Lipinski definition) is 1. The van der Waals surface area contributed by atoms with Gasteiger partial charge < -0.3 is 10.1 Å². The highest BCUT2D eigenvalue weighted by Crippen LogP contribution is 2.22. The number of hydrogen-bond acceptors (Lipinski definition) is 2. The summed E-state index contributed by atoms with van der Waals surface area (Å²) in [7, 11) is 0. The van der Waals surface area contributed by atoms with E-state index in [0.29, 0.717) is 6.61 Å². The summed E-state index contributed by atoms with van der Waals surface area (Å²) in [5, 5.41) is 3.06. The summed E-state index contributed by atoms with van der Waals surface area (Å²) in [6.07, 6.45) is 2.83. The van der Waals surface area contributed by atoms with Gasteiger partial charge in [0.1, 0.15) is 11.6 Å². The number of anilines is 1. The van der Waals surface area contributed by atoms with E-state index in [1.165, 1.54) is 6.07 Å². The lowest BCUT2D eigenvalue weighted by Gasteiger charge is -2.30. The molecule has 1 saturated heterocycles. The fourth-order valence-electron chi connectivity index (χ4n) is 2.12. The van der Waals surface area contributed by atoms with Gasteiger partial charge in [0.15, 0.2) is 0 Å². The molecule has 94 valence electrons. The highest BCUT2D eigenvalue weighted by atomic mass is 19.1. The first-order valence-electron chi connectivity index (χ1n) is 6.02. The molecule has 0 amide bonds. The van der Waals surface area contributed by atoms with Crippen molar-refractivity contribution in [2.45, 2.75) is 38.3 Å². The van der Waals surface area contributed by atoms with Gasteiger partial charge in [0, 0.05) is 12.6 Å². The third-order valence-electron chi connectivity index (χ3n) is 3.11. The Morgan fingerprint density at radius 3 is 3.00 bits per heavy atom. The average Bonchev–Trinajstić information content (AvgIpc) is 2.34. The van der Waals surface area contributed by atoms with E-state index in [1.807, 2.05) is 0 Å². The van der Waals surface area contributed by atoms with Crippen molar-refractivity contribution in [3.63, 3.8) is 0 Å². The van der Waals surface area contributed by atoms with Crippen LogP contribution in [0.4, 0.5) is 14.5 Å². The SMILES string of the molecule is CCC1CC(Nc2cc(F)ccc2F)CCO1. The second-order valence-electron chi connectivity index (χ2n) is 4.39. The van der Waals surface area contributed by atoms with Crippen LogP contribution in [0.3, 0.4) is 0 Å². The molecule has 1 fully saturated rings. The molecule has 1 heterocycles. The number of halogens is 2. The van der Waals surface area contributed by atoms with Gasteiger partial charge in [0.05, 0.1) is 11.8 Å². The first-order chi connectivity index (χ1) is 8.19. The summed E-state index contributed by atoms with van der Waals surface area (Å²) >= 11 is 0. The van der Waals surface area contributed by atoms with Crippen LogP contribution in [0, 0.1) is 11.6 Å². The van der Waals surface area contributed by atoms with Crippen molar-refractivity contribution in [2.75, 3.05) is 11.9 Å². The van der Waals surface area contributed by atoms with Crippen molar-refractivity contribution in [2.24, 2.45) is 0 Å². The maximum atomic E-state index is 13.4. The largest absolute Gasteiger partial charge is 0.380 e. The van der Waals surface area contributed by atoms with Crippen molar-refractivity contribution in [3.8, 4) is 0 Å². The summed E-state index contributed by atoms with van der Waals surface area (Å²) in [6.45, 7) is 2.74. The molecule has 0 saturated carbocycles. The van der Waals surface area contributed by atoms with E-state index in [-0.39, 0.29) is 17.8 Å². The highest BCUT2D eigenvalue weighted by molar-refractivity contribution is 5.45. The third-order valence-corrected chi connectivity index (χ3v) is 3.11. The predicted molar refractivity (Wildman–Crippen MR) is 63.0 cm³/mol. The number of benzene rings is 1. The standard InChI is InChI=1S/C13H17F2NO/c1-2-11-8-10(5-6-17-11)16-13-7-9(14)3-4-12(13)15/h3-4,7,10-11,16H,2,5-6,8H2,1H3. The lowest BCUT2D eigenvalue weighted by Crippen LogP contribution is -2.33. The van der Waals surface area contributed by atoms with Crippen molar-refractivity contribution >= 4 is 5.69 Å². The van der Waals surface area contributed by atoms with E-state index in [9.17, 15) is 8.78 Å². The van der Waals surface area contributed by atoms with Crippen LogP contribution in [-0.4, -0.2) is 18.8 Å². The normalized spacial score (nSPS) is 24.6. The second kappa shape index (κ2) is 5.45.